The van der Waals surface area contributed by atoms with Crippen molar-refractivity contribution in [3.63, 3.8) is 0 Å². The molecule has 2 aromatic carbocycles. The Kier molecular flexibility index (Phi) is 7.41. The summed E-state index contributed by atoms with van der Waals surface area (Å²) in [5.41, 5.74) is -0.491. The smallest absolute Gasteiger partial charge is 0.339 e. The molecule has 0 amide bonds. The SMILES string of the molecule is CC(C)OP(=O)(OC(C)C)C(Cc1cccc(O)c1F)c1sc2ccccc2c1Br. The number of rotatable bonds is 8. The Morgan fingerprint density at radius 3 is 2.30 bits per heavy atom. The van der Waals surface area contributed by atoms with E-state index in [4.69, 9.17) is 9.05 Å². The predicted octanol–water partition coefficient (Wildman–Crippen LogP) is 7.84. The molecule has 0 saturated heterocycles. The van der Waals surface area contributed by atoms with Crippen LogP contribution < -0.4 is 0 Å². The molecule has 0 spiro atoms. The fraction of sp³-hybridized carbons (Fsp3) is 0.364. The molecule has 8 heteroatoms. The molecule has 162 valence electrons. The van der Waals surface area contributed by atoms with E-state index in [-0.39, 0.29) is 24.2 Å². The molecular formula is C22H25BrFO4PS. The van der Waals surface area contributed by atoms with E-state index < -0.39 is 24.8 Å². The fourth-order valence-corrected chi connectivity index (χ4v) is 8.44. The molecule has 0 bridgehead atoms. The van der Waals surface area contributed by atoms with E-state index in [9.17, 15) is 14.1 Å². The highest BCUT2D eigenvalue weighted by Gasteiger charge is 2.42. The average molecular weight is 515 g/mol. The van der Waals surface area contributed by atoms with Gasteiger partial charge >= 0.3 is 7.60 Å². The molecule has 4 nitrogen and oxygen atoms in total. The lowest BCUT2D eigenvalue weighted by Crippen LogP contribution is -2.15. The Morgan fingerprint density at radius 1 is 1.07 bits per heavy atom. The summed E-state index contributed by atoms with van der Waals surface area (Å²) in [6, 6.07) is 12.3. The predicted molar refractivity (Wildman–Crippen MR) is 124 cm³/mol. The minimum Gasteiger partial charge on any atom is -0.505 e. The van der Waals surface area contributed by atoms with Gasteiger partial charge < -0.3 is 14.2 Å². The van der Waals surface area contributed by atoms with E-state index >= 15 is 0 Å². The van der Waals surface area contributed by atoms with Crippen LogP contribution in [0, 0.1) is 5.82 Å². The lowest BCUT2D eigenvalue weighted by Gasteiger charge is -2.30. The van der Waals surface area contributed by atoms with Crippen molar-refractivity contribution in [2.75, 3.05) is 0 Å². The van der Waals surface area contributed by atoms with Crippen LogP contribution in [0.3, 0.4) is 0 Å². The lowest BCUT2D eigenvalue weighted by atomic mass is 10.1. The van der Waals surface area contributed by atoms with E-state index in [1.807, 2.05) is 24.3 Å². The summed E-state index contributed by atoms with van der Waals surface area (Å²) in [4.78, 5) is 0.767. The Hall–Kier alpha value is -1.24. The van der Waals surface area contributed by atoms with Gasteiger partial charge in [-0.05, 0) is 67.7 Å². The van der Waals surface area contributed by atoms with Crippen molar-refractivity contribution in [2.45, 2.75) is 52.0 Å². The molecule has 0 radical (unpaired) electrons. The van der Waals surface area contributed by atoms with Crippen molar-refractivity contribution < 1.29 is 23.1 Å². The number of hydrogen-bond acceptors (Lipinski definition) is 5. The van der Waals surface area contributed by atoms with E-state index in [1.165, 1.54) is 17.4 Å². The van der Waals surface area contributed by atoms with Crippen LogP contribution in [0.5, 0.6) is 5.75 Å². The highest BCUT2D eigenvalue weighted by atomic mass is 79.9. The largest absolute Gasteiger partial charge is 0.505 e. The van der Waals surface area contributed by atoms with E-state index in [2.05, 4.69) is 15.9 Å². The first-order chi connectivity index (χ1) is 14.1. The Balaban J connectivity index is 2.19. The topological polar surface area (TPSA) is 55.8 Å². The van der Waals surface area contributed by atoms with Crippen molar-refractivity contribution in [1.29, 1.82) is 0 Å². The average Bonchev–Trinajstić information content (AvgIpc) is 2.98. The molecule has 0 aliphatic heterocycles. The second kappa shape index (κ2) is 9.49. The van der Waals surface area contributed by atoms with E-state index in [1.54, 1.807) is 39.8 Å². The number of thiophene rings is 1. The number of hydrogen-bond donors (Lipinski definition) is 1. The molecule has 0 aliphatic rings. The summed E-state index contributed by atoms with van der Waals surface area (Å²) in [6.45, 7) is 7.18. The van der Waals surface area contributed by atoms with Crippen LogP contribution in [0.4, 0.5) is 4.39 Å². The van der Waals surface area contributed by atoms with Gasteiger partial charge in [-0.2, -0.15) is 0 Å². The monoisotopic (exact) mass is 514 g/mol. The molecular weight excluding hydrogens is 490 g/mol. The minimum atomic E-state index is -3.71. The van der Waals surface area contributed by atoms with Gasteiger partial charge in [-0.25, -0.2) is 4.39 Å². The van der Waals surface area contributed by atoms with Crippen LogP contribution in [-0.4, -0.2) is 17.3 Å². The van der Waals surface area contributed by atoms with Gasteiger partial charge in [0.15, 0.2) is 11.6 Å². The van der Waals surface area contributed by atoms with Gasteiger partial charge in [-0.15, -0.1) is 11.3 Å². The first-order valence-corrected chi connectivity index (χ1v) is 12.9. The molecule has 0 fully saturated rings. The number of phenolic OH excluding ortho intramolecular Hbond substituents is 1. The number of phenols is 1. The van der Waals surface area contributed by atoms with Gasteiger partial charge in [0.2, 0.25) is 0 Å². The van der Waals surface area contributed by atoms with E-state index in [0.717, 1.165) is 19.4 Å². The van der Waals surface area contributed by atoms with Crippen LogP contribution in [0.25, 0.3) is 10.1 Å². The van der Waals surface area contributed by atoms with Crippen LogP contribution >= 0.6 is 34.9 Å². The van der Waals surface area contributed by atoms with E-state index in [0.29, 0.717) is 0 Å². The first-order valence-electron chi connectivity index (χ1n) is 9.72. The zero-order valence-corrected chi connectivity index (χ0v) is 20.6. The van der Waals surface area contributed by atoms with Gasteiger partial charge in [0.1, 0.15) is 5.66 Å². The van der Waals surface area contributed by atoms with Gasteiger partial charge in [0, 0.05) is 19.4 Å². The maximum atomic E-state index is 14.7. The second-order valence-corrected chi connectivity index (χ2v) is 11.6. The van der Waals surface area contributed by atoms with Crippen molar-refractivity contribution in [2.24, 2.45) is 0 Å². The highest BCUT2D eigenvalue weighted by Crippen LogP contribution is 2.66. The standard InChI is InChI=1S/C22H25BrFO4PS/c1-13(2)27-29(26,28-14(3)4)18(12-15-8-7-10-17(25)21(15)24)22-20(23)16-9-5-6-11-19(16)30-22/h5-11,13-14,18,25H,12H2,1-4H3. The minimum absolute atomic E-state index is 0.0579. The summed E-state index contributed by atoms with van der Waals surface area (Å²) in [7, 11) is -3.71. The van der Waals surface area contributed by atoms with Crippen molar-refractivity contribution in [3.05, 3.63) is 63.2 Å². The molecule has 3 aromatic rings. The third kappa shape index (κ3) is 4.97. The van der Waals surface area contributed by atoms with Crippen LogP contribution in [0.2, 0.25) is 0 Å². The molecule has 30 heavy (non-hydrogen) atoms. The molecule has 3 rings (SSSR count). The molecule has 1 unspecified atom stereocenters. The normalized spacial score (nSPS) is 13.5. The number of aromatic hydroxyl groups is 1. The summed E-state index contributed by atoms with van der Waals surface area (Å²) >= 11 is 5.14. The maximum absolute atomic E-state index is 14.7. The summed E-state index contributed by atoms with van der Waals surface area (Å²) in [5.74, 6) is -1.16. The highest BCUT2D eigenvalue weighted by molar-refractivity contribution is 9.10. The third-order valence-corrected chi connectivity index (χ3v) is 9.64. The van der Waals surface area contributed by atoms with Crippen molar-refractivity contribution in [3.8, 4) is 5.75 Å². The molecule has 0 saturated carbocycles. The zero-order valence-electron chi connectivity index (χ0n) is 17.3. The van der Waals surface area contributed by atoms with Crippen molar-refractivity contribution in [1.82, 2.24) is 0 Å². The number of halogens is 2. The Morgan fingerprint density at radius 2 is 1.70 bits per heavy atom. The van der Waals surface area contributed by atoms with Gasteiger partial charge in [0.25, 0.3) is 0 Å². The molecule has 1 aromatic heterocycles. The zero-order chi connectivity index (χ0) is 22.1. The second-order valence-electron chi connectivity index (χ2n) is 7.59. The van der Waals surface area contributed by atoms with Crippen molar-refractivity contribution >= 4 is 44.9 Å². The summed E-state index contributed by atoms with van der Waals surface area (Å²) in [5, 5.41) is 10.8. The van der Waals surface area contributed by atoms with Gasteiger partial charge in [-0.3, -0.25) is 4.57 Å². The van der Waals surface area contributed by atoms with Gasteiger partial charge in [0.05, 0.1) is 12.2 Å². The number of benzene rings is 2. The van der Waals surface area contributed by atoms with Gasteiger partial charge in [-0.1, -0.05) is 30.3 Å². The van der Waals surface area contributed by atoms with Crippen LogP contribution in [-0.2, 0) is 20.0 Å². The molecule has 1 heterocycles. The maximum Gasteiger partial charge on any atom is 0.339 e. The quantitative estimate of drug-likeness (QED) is 0.311. The van der Waals surface area contributed by atoms with Crippen LogP contribution in [0.15, 0.2) is 46.9 Å². The Bertz CT molecular complexity index is 1070. The first kappa shape index (κ1) is 23.4. The summed E-state index contributed by atoms with van der Waals surface area (Å²) in [6.07, 6.45) is -0.638. The fourth-order valence-electron chi connectivity index (χ4n) is 3.29. The lowest BCUT2D eigenvalue weighted by molar-refractivity contribution is 0.136. The summed E-state index contributed by atoms with van der Waals surface area (Å²) < 4.78 is 42.4. The van der Waals surface area contributed by atoms with Crippen LogP contribution in [0.1, 0.15) is 43.8 Å². The molecule has 1 N–H and O–H groups in total. The molecule has 1 atom stereocenters. The Labute approximate surface area is 188 Å². The number of fused-ring (bicyclic) bond motifs is 1. The molecule has 0 aliphatic carbocycles. The third-order valence-electron chi connectivity index (χ3n) is 4.43.